The maximum Gasteiger partial charge on any atom is 0.123 e. The third-order valence-electron chi connectivity index (χ3n) is 3.75. The van der Waals surface area contributed by atoms with Crippen LogP contribution in [0.15, 0.2) is 48.5 Å². The first-order valence-corrected chi connectivity index (χ1v) is 8.52. The molecule has 2 aromatic carbocycles. The summed E-state index contributed by atoms with van der Waals surface area (Å²) in [5.41, 5.74) is 1.09. The maximum absolute atomic E-state index is 12.1. The van der Waals surface area contributed by atoms with Gasteiger partial charge in [0.2, 0.25) is 0 Å². The van der Waals surface area contributed by atoms with Crippen LogP contribution in [0.5, 0.6) is 17.2 Å². The summed E-state index contributed by atoms with van der Waals surface area (Å²) < 4.78 is 28.0. The Kier molecular flexibility index (Phi) is 8.18. The molecule has 0 amide bonds. The van der Waals surface area contributed by atoms with Crippen molar-refractivity contribution in [2.75, 3.05) is 40.6 Å². The Morgan fingerprint density at radius 1 is 0.962 bits per heavy atom. The molecule has 0 aliphatic heterocycles. The van der Waals surface area contributed by atoms with Gasteiger partial charge in [-0.2, -0.15) is 0 Å². The van der Waals surface area contributed by atoms with Crippen LogP contribution in [-0.2, 0) is 6.54 Å². The van der Waals surface area contributed by atoms with E-state index < -0.39 is 12.8 Å². The lowest BCUT2D eigenvalue weighted by Crippen LogP contribution is -2.32. The number of aliphatic hydroxyl groups is 1. The highest BCUT2D eigenvalue weighted by Crippen LogP contribution is 2.17. The van der Waals surface area contributed by atoms with Crippen molar-refractivity contribution >= 4 is 0 Å². The van der Waals surface area contributed by atoms with E-state index in [0.717, 1.165) is 11.3 Å². The van der Waals surface area contributed by atoms with Gasteiger partial charge in [-0.05, 0) is 49.0 Å². The number of benzene rings is 2. The molecule has 26 heavy (non-hydrogen) atoms. The molecule has 0 heterocycles. The minimum absolute atomic E-state index is 0.0691. The van der Waals surface area contributed by atoms with E-state index in [-0.39, 0.29) is 13.2 Å². The maximum atomic E-state index is 12.1. The normalized spacial score (nSPS) is 12.0. The molecule has 2 aromatic rings. The third kappa shape index (κ3) is 6.90. The quantitative estimate of drug-likeness (QED) is 0.665. The molecule has 0 unspecified atom stereocenters. The molecule has 0 aliphatic rings. The second-order valence-corrected chi connectivity index (χ2v) is 6.02. The van der Waals surface area contributed by atoms with Gasteiger partial charge in [0.1, 0.15) is 43.2 Å². The van der Waals surface area contributed by atoms with Gasteiger partial charge >= 0.3 is 0 Å². The number of nitrogens with zero attached hydrogens (tertiary/aromatic N) is 1. The number of alkyl halides is 1. The van der Waals surface area contributed by atoms with E-state index in [1.54, 1.807) is 7.11 Å². The van der Waals surface area contributed by atoms with E-state index in [1.165, 1.54) is 0 Å². The molecule has 0 saturated carbocycles. The summed E-state index contributed by atoms with van der Waals surface area (Å²) in [4.78, 5) is 2.01. The predicted molar refractivity (Wildman–Crippen MR) is 98.7 cm³/mol. The smallest absolute Gasteiger partial charge is 0.123 e. The lowest BCUT2D eigenvalue weighted by atomic mass is 10.2. The number of rotatable bonds is 11. The molecule has 0 spiro atoms. The monoisotopic (exact) mass is 363 g/mol. The Bertz CT molecular complexity index is 633. The van der Waals surface area contributed by atoms with Crippen LogP contribution >= 0.6 is 0 Å². The molecule has 0 saturated heterocycles. The summed E-state index contributed by atoms with van der Waals surface area (Å²) in [6.07, 6.45) is -0.603. The van der Waals surface area contributed by atoms with Gasteiger partial charge < -0.3 is 19.3 Å². The third-order valence-corrected chi connectivity index (χ3v) is 3.75. The van der Waals surface area contributed by atoms with Crippen LogP contribution in [0, 0.1) is 0 Å². The Morgan fingerprint density at radius 2 is 1.54 bits per heavy atom. The van der Waals surface area contributed by atoms with Crippen molar-refractivity contribution < 1.29 is 23.7 Å². The Balaban J connectivity index is 1.72. The van der Waals surface area contributed by atoms with Crippen molar-refractivity contribution in [1.82, 2.24) is 4.90 Å². The second-order valence-electron chi connectivity index (χ2n) is 6.02. The van der Waals surface area contributed by atoms with Gasteiger partial charge in [-0.25, -0.2) is 4.39 Å². The van der Waals surface area contributed by atoms with Crippen molar-refractivity contribution in [3.05, 3.63) is 54.1 Å². The van der Waals surface area contributed by atoms with Gasteiger partial charge in [-0.15, -0.1) is 0 Å². The van der Waals surface area contributed by atoms with Crippen molar-refractivity contribution in [3.8, 4) is 17.2 Å². The average Bonchev–Trinajstić information content (AvgIpc) is 2.66. The van der Waals surface area contributed by atoms with Gasteiger partial charge in [0.05, 0.1) is 7.11 Å². The molecule has 5 nitrogen and oxygen atoms in total. The Morgan fingerprint density at radius 3 is 2.15 bits per heavy atom. The minimum atomic E-state index is -0.603. The van der Waals surface area contributed by atoms with Crippen molar-refractivity contribution in [1.29, 1.82) is 0 Å². The first-order valence-electron chi connectivity index (χ1n) is 8.52. The number of ether oxygens (including phenoxy) is 3. The SMILES string of the molecule is COc1ccc(OC[C@@H](O)CN(C)Cc2ccc(OCCF)cc2)cc1. The van der Waals surface area contributed by atoms with Crippen LogP contribution in [0.3, 0.4) is 0 Å². The van der Waals surface area contributed by atoms with Crippen LogP contribution in [0.4, 0.5) is 4.39 Å². The molecule has 0 radical (unpaired) electrons. The Labute approximate surface area is 153 Å². The van der Waals surface area contributed by atoms with Gasteiger partial charge in [0.15, 0.2) is 0 Å². The number of aliphatic hydroxyl groups excluding tert-OH is 1. The zero-order valence-electron chi connectivity index (χ0n) is 15.2. The summed E-state index contributed by atoms with van der Waals surface area (Å²) in [7, 11) is 3.55. The molecule has 0 fully saturated rings. The van der Waals surface area contributed by atoms with Gasteiger partial charge in [0, 0.05) is 13.1 Å². The van der Waals surface area contributed by atoms with Crippen molar-refractivity contribution in [3.63, 3.8) is 0 Å². The molecule has 0 aliphatic carbocycles. The fourth-order valence-corrected chi connectivity index (χ4v) is 2.50. The summed E-state index contributed by atoms with van der Waals surface area (Å²) in [5, 5.41) is 10.2. The predicted octanol–water partition coefficient (Wildman–Crippen LogP) is 2.92. The van der Waals surface area contributed by atoms with Crippen LogP contribution < -0.4 is 14.2 Å². The summed E-state index contributed by atoms with van der Waals surface area (Å²) in [6.45, 7) is 0.951. The zero-order chi connectivity index (χ0) is 18.8. The van der Waals surface area contributed by atoms with E-state index in [0.29, 0.717) is 24.6 Å². The molecule has 0 aromatic heterocycles. The van der Waals surface area contributed by atoms with Gasteiger partial charge in [0.25, 0.3) is 0 Å². The van der Waals surface area contributed by atoms with E-state index in [9.17, 15) is 9.50 Å². The summed E-state index contributed by atoms with van der Waals surface area (Å²) in [5.74, 6) is 2.11. The van der Waals surface area contributed by atoms with Crippen LogP contribution in [0.1, 0.15) is 5.56 Å². The molecule has 0 bridgehead atoms. The van der Waals surface area contributed by atoms with E-state index >= 15 is 0 Å². The van der Waals surface area contributed by atoms with E-state index in [2.05, 4.69) is 0 Å². The largest absolute Gasteiger partial charge is 0.497 e. The fraction of sp³-hybridized carbons (Fsp3) is 0.400. The topological polar surface area (TPSA) is 51.2 Å². The molecular formula is C20H26FNO4. The number of hydrogen-bond donors (Lipinski definition) is 1. The van der Waals surface area contributed by atoms with Gasteiger partial charge in [-0.1, -0.05) is 12.1 Å². The molecule has 6 heteroatoms. The molecule has 2 rings (SSSR count). The summed E-state index contributed by atoms with van der Waals surface area (Å²) in [6, 6.07) is 14.8. The number of methoxy groups -OCH3 is 1. The first kappa shape index (κ1) is 20.0. The van der Waals surface area contributed by atoms with Gasteiger partial charge in [-0.3, -0.25) is 4.90 Å². The first-order chi connectivity index (χ1) is 12.6. The highest BCUT2D eigenvalue weighted by molar-refractivity contribution is 5.31. The molecule has 142 valence electrons. The Hall–Kier alpha value is -2.31. The lowest BCUT2D eigenvalue weighted by Gasteiger charge is -2.21. The fourth-order valence-electron chi connectivity index (χ4n) is 2.50. The lowest BCUT2D eigenvalue weighted by molar-refractivity contribution is 0.0743. The van der Waals surface area contributed by atoms with E-state index in [4.69, 9.17) is 14.2 Å². The molecule has 1 atom stereocenters. The second kappa shape index (κ2) is 10.6. The van der Waals surface area contributed by atoms with E-state index in [1.807, 2.05) is 60.5 Å². The number of likely N-dealkylation sites (N-methyl/N-ethyl adjacent to an activating group) is 1. The number of hydrogen-bond acceptors (Lipinski definition) is 5. The highest BCUT2D eigenvalue weighted by atomic mass is 19.1. The van der Waals surface area contributed by atoms with Crippen LogP contribution in [0.2, 0.25) is 0 Å². The number of halogens is 1. The van der Waals surface area contributed by atoms with Crippen LogP contribution in [-0.4, -0.2) is 56.7 Å². The van der Waals surface area contributed by atoms with Crippen molar-refractivity contribution in [2.24, 2.45) is 0 Å². The summed E-state index contributed by atoms with van der Waals surface area (Å²) >= 11 is 0. The van der Waals surface area contributed by atoms with Crippen LogP contribution in [0.25, 0.3) is 0 Å². The average molecular weight is 363 g/mol. The van der Waals surface area contributed by atoms with Crippen molar-refractivity contribution in [2.45, 2.75) is 12.6 Å². The molecule has 1 N–H and O–H groups in total. The highest BCUT2D eigenvalue weighted by Gasteiger charge is 2.10. The molecular weight excluding hydrogens is 337 g/mol. The standard InChI is InChI=1S/C20H26FNO4/c1-22(13-16-3-5-19(6-4-16)25-12-11-21)14-17(23)15-26-20-9-7-18(24-2)8-10-20/h3-10,17,23H,11-15H2,1-2H3/t17-/m0/s1. The zero-order valence-corrected chi connectivity index (χ0v) is 15.2. The minimum Gasteiger partial charge on any atom is -0.497 e.